The second kappa shape index (κ2) is 11.7. The van der Waals surface area contributed by atoms with Gasteiger partial charge in [-0.25, -0.2) is 9.97 Å². The molecule has 1 aliphatic heterocycles. The van der Waals surface area contributed by atoms with E-state index in [1.807, 2.05) is 36.1 Å². The summed E-state index contributed by atoms with van der Waals surface area (Å²) >= 11 is 0. The van der Waals surface area contributed by atoms with Gasteiger partial charge in [-0.05, 0) is 25.1 Å². The van der Waals surface area contributed by atoms with Crippen molar-refractivity contribution in [2.75, 3.05) is 57.8 Å². The molecule has 9 heteroatoms. The van der Waals surface area contributed by atoms with Crippen LogP contribution in [0, 0.1) is 6.92 Å². The van der Waals surface area contributed by atoms with Gasteiger partial charge in [0.15, 0.2) is 5.96 Å². The van der Waals surface area contributed by atoms with Gasteiger partial charge < -0.3 is 25.2 Å². The van der Waals surface area contributed by atoms with E-state index in [9.17, 15) is 4.79 Å². The third-order valence-corrected chi connectivity index (χ3v) is 5.01. The molecule has 166 valence electrons. The third kappa shape index (κ3) is 7.13. The highest BCUT2D eigenvalue weighted by atomic mass is 16.5. The summed E-state index contributed by atoms with van der Waals surface area (Å²) in [5, 5.41) is 6.38. The summed E-state index contributed by atoms with van der Waals surface area (Å²) in [5.41, 5.74) is 1.21. The van der Waals surface area contributed by atoms with Crippen LogP contribution in [0.5, 0.6) is 5.75 Å². The lowest BCUT2D eigenvalue weighted by atomic mass is 10.2. The van der Waals surface area contributed by atoms with Crippen molar-refractivity contribution in [3.8, 4) is 5.75 Å². The van der Waals surface area contributed by atoms with Gasteiger partial charge in [0.2, 0.25) is 11.9 Å². The second-order valence-corrected chi connectivity index (χ2v) is 7.25. The highest BCUT2D eigenvalue weighted by Gasteiger charge is 2.22. The maximum Gasteiger partial charge on any atom is 0.225 e. The largest absolute Gasteiger partial charge is 0.492 e. The molecule has 2 aromatic rings. The predicted molar refractivity (Wildman–Crippen MR) is 121 cm³/mol. The Morgan fingerprint density at radius 3 is 2.42 bits per heavy atom. The standard InChI is InChI=1S/C22H31N7O2/c1-18-4-6-19(7-5-18)31-17-12-25-21(23-2)24-11-8-20(30)28-13-15-29(16-14-28)22-26-9-3-10-27-22/h3-7,9-10H,8,11-17H2,1-2H3,(H2,23,24,25). The number of nitrogens with one attached hydrogen (secondary N) is 2. The molecule has 0 saturated carbocycles. The van der Waals surface area contributed by atoms with Gasteiger partial charge in [0.1, 0.15) is 12.4 Å². The van der Waals surface area contributed by atoms with E-state index in [4.69, 9.17) is 4.74 Å². The van der Waals surface area contributed by atoms with Crippen LogP contribution >= 0.6 is 0 Å². The van der Waals surface area contributed by atoms with E-state index in [1.165, 1.54) is 5.56 Å². The molecule has 1 amide bonds. The van der Waals surface area contributed by atoms with Crippen LogP contribution in [0.3, 0.4) is 0 Å². The number of hydrogen-bond acceptors (Lipinski definition) is 6. The molecule has 31 heavy (non-hydrogen) atoms. The van der Waals surface area contributed by atoms with E-state index < -0.39 is 0 Å². The molecule has 1 fully saturated rings. The fraction of sp³-hybridized carbons (Fsp3) is 0.455. The van der Waals surface area contributed by atoms with Crippen LogP contribution in [-0.4, -0.2) is 79.7 Å². The fourth-order valence-electron chi connectivity index (χ4n) is 3.25. The number of anilines is 1. The first kappa shape index (κ1) is 22.3. The van der Waals surface area contributed by atoms with Crippen LogP contribution in [0.2, 0.25) is 0 Å². The number of benzene rings is 1. The Hall–Kier alpha value is -3.36. The zero-order valence-corrected chi connectivity index (χ0v) is 18.3. The average Bonchev–Trinajstić information content (AvgIpc) is 2.82. The molecule has 3 rings (SSSR count). The molecule has 2 N–H and O–H groups in total. The normalized spacial score (nSPS) is 14.3. The van der Waals surface area contributed by atoms with Crippen molar-refractivity contribution in [3.05, 3.63) is 48.3 Å². The van der Waals surface area contributed by atoms with Crippen molar-refractivity contribution in [1.82, 2.24) is 25.5 Å². The quantitative estimate of drug-likeness (QED) is 0.371. The molecular formula is C22H31N7O2. The van der Waals surface area contributed by atoms with Gasteiger partial charge in [-0.1, -0.05) is 17.7 Å². The summed E-state index contributed by atoms with van der Waals surface area (Å²) < 4.78 is 5.70. The highest BCUT2D eigenvalue weighted by molar-refractivity contribution is 5.81. The maximum atomic E-state index is 12.5. The summed E-state index contributed by atoms with van der Waals surface area (Å²) in [7, 11) is 1.71. The van der Waals surface area contributed by atoms with Crippen LogP contribution in [0.25, 0.3) is 0 Å². The number of aromatic nitrogens is 2. The van der Waals surface area contributed by atoms with E-state index in [-0.39, 0.29) is 5.91 Å². The van der Waals surface area contributed by atoms with Crippen molar-refractivity contribution < 1.29 is 9.53 Å². The number of nitrogens with zero attached hydrogens (tertiary/aromatic N) is 5. The Morgan fingerprint density at radius 2 is 1.74 bits per heavy atom. The SMILES string of the molecule is CN=C(NCCOc1ccc(C)cc1)NCCC(=O)N1CCN(c2ncccn2)CC1. The number of amides is 1. The van der Waals surface area contributed by atoms with Crippen molar-refractivity contribution in [2.45, 2.75) is 13.3 Å². The van der Waals surface area contributed by atoms with Gasteiger partial charge in [-0.3, -0.25) is 9.79 Å². The lowest BCUT2D eigenvalue weighted by Crippen LogP contribution is -2.50. The van der Waals surface area contributed by atoms with Gasteiger partial charge in [0, 0.05) is 58.6 Å². The third-order valence-electron chi connectivity index (χ3n) is 5.01. The van der Waals surface area contributed by atoms with Crippen LogP contribution in [0.1, 0.15) is 12.0 Å². The molecule has 1 aliphatic rings. The van der Waals surface area contributed by atoms with Crippen molar-refractivity contribution in [3.63, 3.8) is 0 Å². The molecule has 1 aromatic carbocycles. The summed E-state index contributed by atoms with van der Waals surface area (Å²) in [5.74, 6) is 2.36. The minimum Gasteiger partial charge on any atom is -0.492 e. The molecular weight excluding hydrogens is 394 g/mol. The Labute approximate surface area is 183 Å². The smallest absolute Gasteiger partial charge is 0.225 e. The van der Waals surface area contributed by atoms with Crippen LogP contribution in [0.15, 0.2) is 47.7 Å². The van der Waals surface area contributed by atoms with Gasteiger partial charge in [-0.15, -0.1) is 0 Å². The van der Waals surface area contributed by atoms with Crippen molar-refractivity contribution in [2.24, 2.45) is 4.99 Å². The molecule has 1 saturated heterocycles. The number of guanidine groups is 1. The van der Waals surface area contributed by atoms with Gasteiger partial charge in [0.25, 0.3) is 0 Å². The van der Waals surface area contributed by atoms with E-state index >= 15 is 0 Å². The van der Waals surface area contributed by atoms with Crippen LogP contribution < -0.4 is 20.3 Å². The number of carbonyl (C=O) groups excluding carboxylic acids is 1. The minimum absolute atomic E-state index is 0.138. The number of aryl methyl sites for hydroxylation is 1. The van der Waals surface area contributed by atoms with Gasteiger partial charge in [-0.2, -0.15) is 0 Å². The maximum absolute atomic E-state index is 12.5. The average molecular weight is 426 g/mol. The Kier molecular flexibility index (Phi) is 8.45. The molecule has 0 aliphatic carbocycles. The molecule has 0 radical (unpaired) electrons. The second-order valence-electron chi connectivity index (χ2n) is 7.25. The number of aliphatic imine (C=N–C) groups is 1. The first-order valence-electron chi connectivity index (χ1n) is 10.6. The summed E-state index contributed by atoms with van der Waals surface area (Å²) in [6.45, 7) is 6.56. The van der Waals surface area contributed by atoms with Gasteiger partial charge >= 0.3 is 0 Å². The lowest BCUT2D eigenvalue weighted by molar-refractivity contribution is -0.131. The number of rotatable bonds is 8. The molecule has 1 aromatic heterocycles. The van der Waals surface area contributed by atoms with Crippen molar-refractivity contribution >= 4 is 17.8 Å². The van der Waals surface area contributed by atoms with E-state index in [2.05, 4.69) is 30.5 Å². The van der Waals surface area contributed by atoms with E-state index in [0.717, 1.165) is 24.8 Å². The van der Waals surface area contributed by atoms with Crippen molar-refractivity contribution in [1.29, 1.82) is 0 Å². The first-order chi connectivity index (χ1) is 15.2. The predicted octanol–water partition coefficient (Wildman–Crippen LogP) is 1.07. The summed E-state index contributed by atoms with van der Waals surface area (Å²) in [6, 6.07) is 9.77. The number of piperazine rings is 1. The molecule has 9 nitrogen and oxygen atoms in total. The van der Waals surface area contributed by atoms with Crippen LogP contribution in [-0.2, 0) is 4.79 Å². The Morgan fingerprint density at radius 1 is 1.06 bits per heavy atom. The van der Waals surface area contributed by atoms with Crippen LogP contribution in [0.4, 0.5) is 5.95 Å². The zero-order valence-electron chi connectivity index (χ0n) is 18.3. The Balaban J connectivity index is 1.29. The monoisotopic (exact) mass is 425 g/mol. The minimum atomic E-state index is 0.138. The summed E-state index contributed by atoms with van der Waals surface area (Å²) in [4.78, 5) is 29.2. The Bertz CT molecular complexity index is 835. The first-order valence-corrected chi connectivity index (χ1v) is 10.6. The molecule has 0 atom stereocenters. The number of hydrogen-bond donors (Lipinski definition) is 2. The fourth-order valence-corrected chi connectivity index (χ4v) is 3.25. The lowest BCUT2D eigenvalue weighted by Gasteiger charge is -2.34. The molecule has 0 bridgehead atoms. The van der Waals surface area contributed by atoms with Gasteiger partial charge in [0.05, 0.1) is 6.54 Å². The zero-order chi connectivity index (χ0) is 21.9. The topological polar surface area (TPSA) is 95.0 Å². The van der Waals surface area contributed by atoms with E-state index in [0.29, 0.717) is 45.2 Å². The summed E-state index contributed by atoms with van der Waals surface area (Å²) in [6.07, 6.45) is 3.89. The highest BCUT2D eigenvalue weighted by Crippen LogP contribution is 2.11. The number of ether oxygens (including phenoxy) is 1. The molecule has 0 spiro atoms. The van der Waals surface area contributed by atoms with E-state index in [1.54, 1.807) is 25.5 Å². The molecule has 2 heterocycles. The molecule has 0 unspecified atom stereocenters. The number of carbonyl (C=O) groups is 1.